The third-order valence-corrected chi connectivity index (χ3v) is 6.14. The Morgan fingerprint density at radius 2 is 1.90 bits per heavy atom. The van der Waals surface area contributed by atoms with Crippen LogP contribution in [-0.2, 0) is 6.54 Å². The molecule has 1 aliphatic carbocycles. The quantitative estimate of drug-likeness (QED) is 0.498. The molecule has 0 atom stereocenters. The molecule has 7 heteroatoms. The minimum atomic E-state index is -0.180. The van der Waals surface area contributed by atoms with E-state index in [0.29, 0.717) is 18.2 Å². The van der Waals surface area contributed by atoms with Crippen LogP contribution in [0.4, 0.5) is 5.95 Å². The van der Waals surface area contributed by atoms with Crippen LogP contribution in [0.3, 0.4) is 0 Å². The van der Waals surface area contributed by atoms with Crippen molar-refractivity contribution in [2.24, 2.45) is 0 Å². The summed E-state index contributed by atoms with van der Waals surface area (Å²) in [5.41, 5.74) is 5.70. The van der Waals surface area contributed by atoms with E-state index in [1.54, 1.807) is 0 Å². The maximum Gasteiger partial charge on any atom is 0.205 e. The summed E-state index contributed by atoms with van der Waals surface area (Å²) in [6.07, 6.45) is 5.19. The smallest absolute Gasteiger partial charge is 0.205 e. The maximum atomic E-state index is 9.85. The standard InChI is InChI=1S/C24H27N5O2/c1-15-22(16(2)31-28-15)18-12-21-23(25-13-18)27-24(26-19-8-10-20(30)11-9-19)29(21)14-17-6-4-3-5-7-17/h3-7,12-13,19-20,30H,8-11,14H2,1-2H3,(H,25,26,27). The predicted molar refractivity (Wildman–Crippen MR) is 120 cm³/mol. The summed E-state index contributed by atoms with van der Waals surface area (Å²) in [5.74, 6) is 1.61. The number of nitrogens with zero attached hydrogens (tertiary/aromatic N) is 4. The minimum absolute atomic E-state index is 0.180. The van der Waals surface area contributed by atoms with E-state index >= 15 is 0 Å². The number of aliphatic hydroxyl groups is 1. The second-order valence-electron chi connectivity index (χ2n) is 8.42. The molecule has 0 radical (unpaired) electrons. The summed E-state index contributed by atoms with van der Waals surface area (Å²) in [6.45, 7) is 4.56. The zero-order valence-electron chi connectivity index (χ0n) is 17.9. The average Bonchev–Trinajstić information content (AvgIpc) is 3.29. The second kappa shape index (κ2) is 8.15. The Morgan fingerprint density at radius 1 is 1.13 bits per heavy atom. The molecular weight excluding hydrogens is 390 g/mol. The van der Waals surface area contributed by atoms with Crippen LogP contribution in [0.1, 0.15) is 42.7 Å². The van der Waals surface area contributed by atoms with E-state index < -0.39 is 0 Å². The highest BCUT2D eigenvalue weighted by Gasteiger charge is 2.22. The lowest BCUT2D eigenvalue weighted by Crippen LogP contribution is -2.29. The molecule has 1 aromatic carbocycles. The van der Waals surface area contributed by atoms with Gasteiger partial charge in [0.25, 0.3) is 0 Å². The SMILES string of the molecule is Cc1noc(C)c1-c1cnc2nc(NC3CCC(O)CC3)n(Cc3ccccc3)c2c1. The normalized spacial score (nSPS) is 19.1. The monoisotopic (exact) mass is 417 g/mol. The van der Waals surface area contributed by atoms with Gasteiger partial charge < -0.3 is 19.5 Å². The highest BCUT2D eigenvalue weighted by atomic mass is 16.5. The fourth-order valence-corrected chi connectivity index (χ4v) is 4.48. The van der Waals surface area contributed by atoms with Crippen molar-refractivity contribution in [3.8, 4) is 11.1 Å². The van der Waals surface area contributed by atoms with Crippen LogP contribution in [0.5, 0.6) is 0 Å². The van der Waals surface area contributed by atoms with E-state index in [2.05, 4.69) is 50.4 Å². The third-order valence-electron chi connectivity index (χ3n) is 6.14. The fourth-order valence-electron chi connectivity index (χ4n) is 4.48. The summed E-state index contributed by atoms with van der Waals surface area (Å²) >= 11 is 0. The molecule has 0 amide bonds. The number of aryl methyl sites for hydroxylation is 2. The number of hydrogen-bond acceptors (Lipinski definition) is 6. The molecule has 0 unspecified atom stereocenters. The fraction of sp³-hybridized carbons (Fsp3) is 0.375. The third kappa shape index (κ3) is 3.93. The topological polar surface area (TPSA) is 89.0 Å². The molecule has 1 fully saturated rings. The molecule has 2 N–H and O–H groups in total. The Morgan fingerprint density at radius 3 is 2.61 bits per heavy atom. The highest BCUT2D eigenvalue weighted by Crippen LogP contribution is 2.31. The van der Waals surface area contributed by atoms with Crippen molar-refractivity contribution in [3.05, 3.63) is 59.6 Å². The van der Waals surface area contributed by atoms with E-state index in [1.807, 2.05) is 26.1 Å². The predicted octanol–water partition coefficient (Wildman–Crippen LogP) is 4.47. The molecule has 0 spiro atoms. The molecule has 0 bridgehead atoms. The summed E-state index contributed by atoms with van der Waals surface area (Å²) in [6, 6.07) is 12.8. The van der Waals surface area contributed by atoms with Gasteiger partial charge in [-0.15, -0.1) is 0 Å². The van der Waals surface area contributed by atoms with Crippen LogP contribution < -0.4 is 5.32 Å². The van der Waals surface area contributed by atoms with Gasteiger partial charge in [0, 0.05) is 23.4 Å². The molecule has 3 heterocycles. The number of hydrogen-bond donors (Lipinski definition) is 2. The van der Waals surface area contributed by atoms with Gasteiger partial charge in [0.1, 0.15) is 5.76 Å². The number of fused-ring (bicyclic) bond motifs is 1. The van der Waals surface area contributed by atoms with Crippen molar-refractivity contribution in [2.45, 2.75) is 58.2 Å². The van der Waals surface area contributed by atoms with Crippen molar-refractivity contribution in [1.82, 2.24) is 19.7 Å². The van der Waals surface area contributed by atoms with Gasteiger partial charge in [-0.25, -0.2) is 4.98 Å². The summed E-state index contributed by atoms with van der Waals surface area (Å²) in [5, 5.41) is 17.6. The highest BCUT2D eigenvalue weighted by molar-refractivity contribution is 5.82. The Hall–Kier alpha value is -3.19. The zero-order chi connectivity index (χ0) is 21.4. The first-order chi connectivity index (χ1) is 15.1. The van der Waals surface area contributed by atoms with E-state index in [-0.39, 0.29) is 6.10 Å². The molecule has 3 aromatic heterocycles. The van der Waals surface area contributed by atoms with Crippen molar-refractivity contribution in [3.63, 3.8) is 0 Å². The zero-order valence-corrected chi connectivity index (χ0v) is 17.9. The molecule has 1 saturated carbocycles. The van der Waals surface area contributed by atoms with E-state index in [9.17, 15) is 5.11 Å². The van der Waals surface area contributed by atoms with Crippen LogP contribution in [0.15, 0.2) is 47.1 Å². The molecule has 7 nitrogen and oxygen atoms in total. The lowest BCUT2D eigenvalue weighted by molar-refractivity contribution is 0.126. The van der Waals surface area contributed by atoms with Gasteiger partial charge in [-0.05, 0) is 51.2 Å². The van der Waals surface area contributed by atoms with E-state index in [1.165, 1.54) is 5.56 Å². The summed E-state index contributed by atoms with van der Waals surface area (Å²) in [4.78, 5) is 9.49. The van der Waals surface area contributed by atoms with Gasteiger partial charge in [-0.3, -0.25) is 0 Å². The Bertz CT molecular complexity index is 1170. The van der Waals surface area contributed by atoms with Gasteiger partial charge in [0.05, 0.1) is 23.9 Å². The van der Waals surface area contributed by atoms with Crippen LogP contribution >= 0.6 is 0 Å². The molecule has 31 heavy (non-hydrogen) atoms. The number of benzene rings is 1. The average molecular weight is 418 g/mol. The van der Waals surface area contributed by atoms with Gasteiger partial charge in [0.15, 0.2) is 5.65 Å². The molecule has 4 aromatic rings. The molecule has 0 aliphatic heterocycles. The van der Waals surface area contributed by atoms with E-state index in [0.717, 1.165) is 59.7 Å². The number of rotatable bonds is 5. The van der Waals surface area contributed by atoms with Gasteiger partial charge in [-0.2, -0.15) is 4.98 Å². The first-order valence-electron chi connectivity index (χ1n) is 10.9. The molecular formula is C24H27N5O2. The number of aromatic nitrogens is 4. The number of aliphatic hydroxyl groups excluding tert-OH is 1. The van der Waals surface area contributed by atoms with E-state index in [4.69, 9.17) is 9.51 Å². The van der Waals surface area contributed by atoms with Gasteiger partial charge in [-0.1, -0.05) is 35.5 Å². The van der Waals surface area contributed by atoms with Crippen molar-refractivity contribution >= 4 is 17.1 Å². The molecule has 1 aliphatic rings. The van der Waals surface area contributed by atoms with Crippen molar-refractivity contribution in [2.75, 3.05) is 5.32 Å². The van der Waals surface area contributed by atoms with Gasteiger partial charge in [0.2, 0.25) is 5.95 Å². The second-order valence-corrected chi connectivity index (χ2v) is 8.42. The molecule has 5 rings (SSSR count). The van der Waals surface area contributed by atoms with Crippen molar-refractivity contribution in [1.29, 1.82) is 0 Å². The Labute approximate surface area is 181 Å². The number of imidazole rings is 1. The lowest BCUT2D eigenvalue weighted by Gasteiger charge is -2.26. The van der Waals surface area contributed by atoms with Crippen LogP contribution in [0, 0.1) is 13.8 Å². The number of pyridine rings is 1. The minimum Gasteiger partial charge on any atom is -0.393 e. The van der Waals surface area contributed by atoms with Crippen LogP contribution in [-0.4, -0.2) is 36.9 Å². The number of anilines is 1. The molecule has 160 valence electrons. The first kappa shape index (κ1) is 19.8. The largest absolute Gasteiger partial charge is 0.393 e. The Kier molecular flexibility index (Phi) is 5.19. The number of nitrogens with one attached hydrogen (secondary N) is 1. The van der Waals surface area contributed by atoms with Gasteiger partial charge >= 0.3 is 0 Å². The summed E-state index contributed by atoms with van der Waals surface area (Å²) < 4.78 is 7.57. The summed E-state index contributed by atoms with van der Waals surface area (Å²) in [7, 11) is 0. The Balaban J connectivity index is 1.57. The first-order valence-corrected chi connectivity index (χ1v) is 10.9. The van der Waals surface area contributed by atoms with Crippen molar-refractivity contribution < 1.29 is 9.63 Å². The van der Waals surface area contributed by atoms with Crippen LogP contribution in [0.25, 0.3) is 22.3 Å². The lowest BCUT2D eigenvalue weighted by atomic mass is 9.93. The molecule has 0 saturated heterocycles. The van der Waals surface area contributed by atoms with Crippen LogP contribution in [0.2, 0.25) is 0 Å². The maximum absolute atomic E-state index is 9.85.